The Morgan fingerprint density at radius 2 is 2.28 bits per heavy atom. The van der Waals surface area contributed by atoms with Crippen LogP contribution in [0, 0.1) is 0 Å². The average Bonchev–Trinajstić information content (AvgIpc) is 2.98. The second-order valence-corrected chi connectivity index (χ2v) is 5.27. The highest BCUT2D eigenvalue weighted by Crippen LogP contribution is 2.42. The zero-order valence-corrected chi connectivity index (χ0v) is 10.3. The maximum atomic E-state index is 10.9. The molecule has 1 heterocycles. The van der Waals surface area contributed by atoms with E-state index in [1.54, 1.807) is 18.3 Å². The molecule has 0 aliphatic heterocycles. The third-order valence-electron chi connectivity index (χ3n) is 3.34. The van der Waals surface area contributed by atoms with Crippen LogP contribution in [0.5, 0.6) is 0 Å². The summed E-state index contributed by atoms with van der Waals surface area (Å²) in [4.78, 5) is 15.1. The lowest BCUT2D eigenvalue weighted by molar-refractivity contribution is 0.0695. The molecular formula is C13H11NO3S. The molecule has 0 spiro atoms. The number of aromatic carboxylic acids is 1. The normalized spacial score (nSPS) is 21.8. The summed E-state index contributed by atoms with van der Waals surface area (Å²) in [7, 11) is 0. The number of rotatable bonds is 2. The van der Waals surface area contributed by atoms with Gasteiger partial charge in [0.2, 0.25) is 0 Å². The van der Waals surface area contributed by atoms with Crippen LogP contribution in [0.3, 0.4) is 0 Å². The van der Waals surface area contributed by atoms with Crippen LogP contribution in [0.1, 0.15) is 32.9 Å². The van der Waals surface area contributed by atoms with Crippen LogP contribution in [0.15, 0.2) is 29.8 Å². The van der Waals surface area contributed by atoms with Gasteiger partial charge in [-0.1, -0.05) is 6.07 Å². The van der Waals surface area contributed by atoms with Gasteiger partial charge in [0.1, 0.15) is 10.6 Å². The minimum atomic E-state index is -1.06. The summed E-state index contributed by atoms with van der Waals surface area (Å²) in [5, 5.41) is 22.2. The van der Waals surface area contributed by atoms with E-state index < -0.39 is 11.6 Å². The largest absolute Gasteiger partial charge is 0.478 e. The zero-order chi connectivity index (χ0) is 12.8. The number of carboxylic acid groups (broad SMARTS) is 1. The van der Waals surface area contributed by atoms with E-state index in [-0.39, 0.29) is 5.56 Å². The summed E-state index contributed by atoms with van der Waals surface area (Å²) in [6.07, 6.45) is 2.90. The highest BCUT2D eigenvalue weighted by atomic mass is 32.1. The van der Waals surface area contributed by atoms with E-state index in [4.69, 9.17) is 5.11 Å². The quantitative estimate of drug-likeness (QED) is 0.867. The number of aryl methyl sites for hydroxylation is 1. The first-order valence-electron chi connectivity index (χ1n) is 5.60. The molecular weight excluding hydrogens is 250 g/mol. The lowest BCUT2D eigenvalue weighted by Gasteiger charge is -2.21. The molecule has 1 aliphatic rings. The molecule has 5 heteroatoms. The lowest BCUT2D eigenvalue weighted by Crippen LogP contribution is -2.23. The van der Waals surface area contributed by atoms with Gasteiger partial charge in [-0.05, 0) is 36.1 Å². The summed E-state index contributed by atoms with van der Waals surface area (Å²) in [5.41, 5.74) is 0.882. The first-order chi connectivity index (χ1) is 8.61. The number of hydrogen-bond donors (Lipinski definition) is 2. The van der Waals surface area contributed by atoms with Crippen LogP contribution < -0.4 is 0 Å². The predicted molar refractivity (Wildman–Crippen MR) is 66.8 cm³/mol. The average molecular weight is 261 g/mol. The van der Waals surface area contributed by atoms with E-state index >= 15 is 0 Å². The molecule has 2 aromatic rings. The highest BCUT2D eigenvalue weighted by Gasteiger charge is 2.40. The molecule has 1 atom stereocenters. The zero-order valence-electron chi connectivity index (χ0n) is 9.46. The molecule has 1 unspecified atom stereocenters. The number of aliphatic hydroxyl groups is 1. The van der Waals surface area contributed by atoms with Crippen LogP contribution in [0.2, 0.25) is 0 Å². The van der Waals surface area contributed by atoms with Crippen molar-refractivity contribution in [2.45, 2.75) is 18.4 Å². The first kappa shape index (κ1) is 11.4. The number of carbonyl (C=O) groups is 1. The Hall–Kier alpha value is -1.72. The van der Waals surface area contributed by atoms with Gasteiger partial charge in [-0.25, -0.2) is 9.78 Å². The van der Waals surface area contributed by atoms with Crippen molar-refractivity contribution in [3.8, 4) is 0 Å². The van der Waals surface area contributed by atoms with E-state index in [1.165, 1.54) is 17.4 Å². The molecule has 2 N–H and O–H groups in total. The van der Waals surface area contributed by atoms with E-state index in [9.17, 15) is 9.90 Å². The van der Waals surface area contributed by atoms with E-state index in [0.29, 0.717) is 17.8 Å². The van der Waals surface area contributed by atoms with Gasteiger partial charge in [0.15, 0.2) is 0 Å². The maximum absolute atomic E-state index is 10.9. The second-order valence-electron chi connectivity index (χ2n) is 4.37. The molecule has 1 aromatic heterocycles. The fraction of sp³-hybridized carbons (Fsp3) is 0.231. The molecule has 1 aromatic carbocycles. The number of benzene rings is 1. The number of carboxylic acids is 1. The van der Waals surface area contributed by atoms with Gasteiger partial charge < -0.3 is 10.2 Å². The van der Waals surface area contributed by atoms with Crippen LogP contribution >= 0.6 is 11.3 Å². The van der Waals surface area contributed by atoms with Crippen LogP contribution in [0.4, 0.5) is 0 Å². The van der Waals surface area contributed by atoms with Crippen LogP contribution in [-0.4, -0.2) is 21.2 Å². The molecule has 0 bridgehead atoms. The van der Waals surface area contributed by atoms with E-state index in [2.05, 4.69) is 4.98 Å². The third-order valence-corrected chi connectivity index (χ3v) is 4.26. The highest BCUT2D eigenvalue weighted by molar-refractivity contribution is 7.09. The minimum absolute atomic E-state index is 0.261. The van der Waals surface area contributed by atoms with Gasteiger partial charge in [0, 0.05) is 11.6 Å². The first-order valence-corrected chi connectivity index (χ1v) is 6.48. The van der Waals surface area contributed by atoms with Crippen molar-refractivity contribution < 1.29 is 15.0 Å². The van der Waals surface area contributed by atoms with Crippen LogP contribution in [-0.2, 0) is 12.0 Å². The predicted octanol–water partition coefficient (Wildman–Crippen LogP) is 2.02. The topological polar surface area (TPSA) is 70.4 Å². The Balaban J connectivity index is 2.10. The van der Waals surface area contributed by atoms with Gasteiger partial charge in [-0.2, -0.15) is 0 Å². The molecule has 0 saturated heterocycles. The molecule has 92 valence electrons. The van der Waals surface area contributed by atoms with Gasteiger partial charge in [-0.15, -0.1) is 11.3 Å². The molecule has 18 heavy (non-hydrogen) atoms. The van der Waals surface area contributed by atoms with Gasteiger partial charge in [0.25, 0.3) is 0 Å². The van der Waals surface area contributed by atoms with Crippen molar-refractivity contribution in [3.63, 3.8) is 0 Å². The molecule has 4 nitrogen and oxygen atoms in total. The maximum Gasteiger partial charge on any atom is 0.335 e. The summed E-state index contributed by atoms with van der Waals surface area (Å²) < 4.78 is 0. The summed E-state index contributed by atoms with van der Waals surface area (Å²) in [6.45, 7) is 0. The van der Waals surface area contributed by atoms with Crippen molar-refractivity contribution >= 4 is 17.3 Å². The molecule has 3 rings (SSSR count). The van der Waals surface area contributed by atoms with Crippen LogP contribution in [0.25, 0.3) is 0 Å². The Kier molecular flexibility index (Phi) is 2.46. The standard InChI is InChI=1S/C13H11NO3S/c15-11(16)9-1-2-10-8(7-9)3-4-13(10,17)12-14-5-6-18-12/h1-2,5-7,17H,3-4H2,(H,15,16). The van der Waals surface area contributed by atoms with Crippen molar-refractivity contribution in [2.24, 2.45) is 0 Å². The van der Waals surface area contributed by atoms with Crippen molar-refractivity contribution in [3.05, 3.63) is 51.5 Å². The molecule has 0 fully saturated rings. The molecule has 0 saturated carbocycles. The number of aromatic nitrogens is 1. The van der Waals surface area contributed by atoms with Gasteiger partial charge in [-0.3, -0.25) is 0 Å². The lowest BCUT2D eigenvalue weighted by atomic mass is 9.96. The Bertz CT molecular complexity index is 609. The second kappa shape index (κ2) is 3.90. The molecule has 1 aliphatic carbocycles. The number of nitrogens with zero attached hydrogens (tertiary/aromatic N) is 1. The van der Waals surface area contributed by atoms with Crippen molar-refractivity contribution in [2.75, 3.05) is 0 Å². The number of thiazole rings is 1. The van der Waals surface area contributed by atoms with Crippen molar-refractivity contribution in [1.82, 2.24) is 4.98 Å². The van der Waals surface area contributed by atoms with Gasteiger partial charge >= 0.3 is 5.97 Å². The smallest absolute Gasteiger partial charge is 0.335 e. The Morgan fingerprint density at radius 1 is 1.44 bits per heavy atom. The Labute approximate surface area is 108 Å². The number of fused-ring (bicyclic) bond motifs is 1. The van der Waals surface area contributed by atoms with Gasteiger partial charge in [0.05, 0.1) is 5.56 Å². The van der Waals surface area contributed by atoms with E-state index in [0.717, 1.165) is 11.1 Å². The fourth-order valence-electron chi connectivity index (χ4n) is 2.44. The Morgan fingerprint density at radius 3 is 2.94 bits per heavy atom. The summed E-state index contributed by atoms with van der Waals surface area (Å²) >= 11 is 1.42. The number of hydrogen-bond acceptors (Lipinski definition) is 4. The van der Waals surface area contributed by atoms with E-state index in [1.807, 2.05) is 5.38 Å². The summed E-state index contributed by atoms with van der Waals surface area (Å²) in [5.74, 6) is -0.942. The minimum Gasteiger partial charge on any atom is -0.478 e. The third kappa shape index (κ3) is 1.55. The monoisotopic (exact) mass is 261 g/mol. The molecule has 0 amide bonds. The SMILES string of the molecule is O=C(O)c1ccc2c(c1)CCC2(O)c1nccs1. The fourth-order valence-corrected chi connectivity index (χ4v) is 3.22. The summed E-state index contributed by atoms with van der Waals surface area (Å²) in [6, 6.07) is 4.88. The molecule has 0 radical (unpaired) electrons. The van der Waals surface area contributed by atoms with Crippen molar-refractivity contribution in [1.29, 1.82) is 0 Å².